The van der Waals surface area contributed by atoms with E-state index >= 15 is 0 Å². The second kappa shape index (κ2) is 4.37. The molecular weight excluding hydrogens is 205 g/mol. The van der Waals surface area contributed by atoms with E-state index in [-0.39, 0.29) is 19.4 Å². The van der Waals surface area contributed by atoms with Crippen molar-refractivity contribution in [1.82, 2.24) is 0 Å². The zero-order chi connectivity index (χ0) is 11.5. The molecule has 15 heavy (non-hydrogen) atoms. The monoisotopic (exact) mass is 217 g/mol. The van der Waals surface area contributed by atoms with Crippen molar-refractivity contribution in [3.05, 3.63) is 0 Å². The molecule has 0 radical (unpaired) electrons. The average Bonchev–Trinajstić information content (AvgIpc) is 2.94. The zero-order valence-corrected chi connectivity index (χ0v) is 8.33. The summed E-state index contributed by atoms with van der Waals surface area (Å²) in [4.78, 5) is 22.3. The standard InChI is InChI=1S/C9H12FNO4/c1-2-15-8(13)6(11-14)5-7(12)9(10)3-4-9/h14H,2-5H2,1H3. The Labute approximate surface area is 85.9 Å². The average molecular weight is 217 g/mol. The molecule has 0 aromatic carbocycles. The highest BCUT2D eigenvalue weighted by molar-refractivity contribution is 6.40. The maximum absolute atomic E-state index is 13.2. The molecule has 0 bridgehead atoms. The van der Waals surface area contributed by atoms with Crippen LogP contribution in [0.3, 0.4) is 0 Å². The van der Waals surface area contributed by atoms with Gasteiger partial charge in [0, 0.05) is 0 Å². The number of nitrogens with zero attached hydrogens (tertiary/aromatic N) is 1. The predicted octanol–water partition coefficient (Wildman–Crippen LogP) is 0.841. The summed E-state index contributed by atoms with van der Waals surface area (Å²) < 4.78 is 17.7. The Balaban J connectivity index is 2.54. The summed E-state index contributed by atoms with van der Waals surface area (Å²) in [5.41, 5.74) is -2.27. The first-order valence-corrected chi connectivity index (χ1v) is 4.63. The van der Waals surface area contributed by atoms with Crippen LogP contribution < -0.4 is 0 Å². The lowest BCUT2D eigenvalue weighted by molar-refractivity contribution is -0.136. The normalized spacial score (nSPS) is 18.4. The summed E-state index contributed by atoms with van der Waals surface area (Å²) in [5.74, 6) is -1.62. The first-order chi connectivity index (χ1) is 7.03. The van der Waals surface area contributed by atoms with Crippen molar-refractivity contribution in [2.75, 3.05) is 6.61 Å². The SMILES string of the molecule is CCOC(=O)C(CC(=O)C1(F)CC1)=NO. The van der Waals surface area contributed by atoms with Gasteiger partial charge in [0.25, 0.3) is 0 Å². The van der Waals surface area contributed by atoms with Gasteiger partial charge in [0.15, 0.2) is 17.2 Å². The molecule has 0 aromatic rings. The number of esters is 1. The highest BCUT2D eigenvalue weighted by atomic mass is 19.1. The second-order valence-corrected chi connectivity index (χ2v) is 3.33. The van der Waals surface area contributed by atoms with Gasteiger partial charge in [0.2, 0.25) is 0 Å². The molecule has 0 heterocycles. The molecule has 1 rings (SSSR count). The largest absolute Gasteiger partial charge is 0.461 e. The van der Waals surface area contributed by atoms with Gasteiger partial charge in [-0.25, -0.2) is 9.18 Å². The van der Waals surface area contributed by atoms with Crippen molar-refractivity contribution in [1.29, 1.82) is 0 Å². The molecule has 5 nitrogen and oxygen atoms in total. The van der Waals surface area contributed by atoms with E-state index in [0.29, 0.717) is 0 Å². The minimum absolute atomic E-state index is 0.104. The number of alkyl halides is 1. The molecule has 1 aliphatic rings. The summed E-state index contributed by atoms with van der Waals surface area (Å²) in [6.07, 6.45) is -0.174. The van der Waals surface area contributed by atoms with Gasteiger partial charge in [0.1, 0.15) is 0 Å². The second-order valence-electron chi connectivity index (χ2n) is 3.33. The first kappa shape index (κ1) is 11.6. The third-order valence-electron chi connectivity index (χ3n) is 2.15. The van der Waals surface area contributed by atoms with Crippen LogP contribution in [0.25, 0.3) is 0 Å². The van der Waals surface area contributed by atoms with Crippen LogP contribution in [-0.4, -0.2) is 34.9 Å². The number of halogens is 1. The van der Waals surface area contributed by atoms with Gasteiger partial charge in [-0.1, -0.05) is 5.16 Å². The van der Waals surface area contributed by atoms with Crippen LogP contribution >= 0.6 is 0 Å². The van der Waals surface area contributed by atoms with Crippen molar-refractivity contribution in [2.45, 2.75) is 31.9 Å². The molecule has 1 fully saturated rings. The molecule has 1 saturated carbocycles. The molecule has 0 aromatic heterocycles. The van der Waals surface area contributed by atoms with Gasteiger partial charge in [-0.15, -0.1) is 0 Å². The summed E-state index contributed by atoms with van der Waals surface area (Å²) in [5, 5.41) is 11.1. The molecule has 0 saturated heterocycles. The lowest BCUT2D eigenvalue weighted by Gasteiger charge is -2.05. The Bertz CT molecular complexity index is 309. The van der Waals surface area contributed by atoms with Crippen molar-refractivity contribution >= 4 is 17.5 Å². The van der Waals surface area contributed by atoms with Crippen molar-refractivity contribution in [2.24, 2.45) is 5.16 Å². The van der Waals surface area contributed by atoms with Gasteiger partial charge < -0.3 is 9.94 Å². The minimum Gasteiger partial charge on any atom is -0.461 e. The predicted molar refractivity (Wildman–Crippen MR) is 48.6 cm³/mol. The molecule has 6 heteroatoms. The molecule has 0 spiro atoms. The molecule has 0 amide bonds. The Hall–Kier alpha value is -1.46. The van der Waals surface area contributed by atoms with Gasteiger partial charge in [-0.3, -0.25) is 4.79 Å². The third kappa shape index (κ3) is 2.74. The Morgan fingerprint density at radius 3 is 2.53 bits per heavy atom. The van der Waals surface area contributed by atoms with Crippen LogP contribution in [0.1, 0.15) is 26.2 Å². The number of carbonyl (C=O) groups is 2. The number of hydrogen-bond donors (Lipinski definition) is 1. The highest BCUT2D eigenvalue weighted by Gasteiger charge is 2.50. The number of Topliss-reactive ketones (excluding diaryl/α,β-unsaturated/α-hetero) is 1. The lowest BCUT2D eigenvalue weighted by Crippen LogP contribution is -2.26. The number of hydrogen-bond acceptors (Lipinski definition) is 5. The lowest BCUT2D eigenvalue weighted by atomic mass is 10.1. The van der Waals surface area contributed by atoms with E-state index < -0.39 is 29.6 Å². The van der Waals surface area contributed by atoms with Crippen molar-refractivity contribution < 1.29 is 23.9 Å². The van der Waals surface area contributed by atoms with Crippen LogP contribution in [0.2, 0.25) is 0 Å². The van der Waals surface area contributed by atoms with E-state index in [9.17, 15) is 14.0 Å². The van der Waals surface area contributed by atoms with E-state index in [1.807, 2.05) is 0 Å². The van der Waals surface area contributed by atoms with E-state index in [1.54, 1.807) is 6.92 Å². The fourth-order valence-corrected chi connectivity index (χ4v) is 1.06. The van der Waals surface area contributed by atoms with E-state index in [1.165, 1.54) is 0 Å². The van der Waals surface area contributed by atoms with Crippen LogP contribution in [0.4, 0.5) is 4.39 Å². The van der Waals surface area contributed by atoms with Crippen LogP contribution in [0.5, 0.6) is 0 Å². The number of rotatable bonds is 5. The van der Waals surface area contributed by atoms with Crippen LogP contribution in [-0.2, 0) is 14.3 Å². The summed E-state index contributed by atoms with van der Waals surface area (Å²) in [7, 11) is 0. The summed E-state index contributed by atoms with van der Waals surface area (Å²) in [6.45, 7) is 1.68. The quantitative estimate of drug-likeness (QED) is 0.320. The van der Waals surface area contributed by atoms with Gasteiger partial charge in [0.05, 0.1) is 13.0 Å². The van der Waals surface area contributed by atoms with E-state index in [0.717, 1.165) is 0 Å². The molecule has 84 valence electrons. The number of ketones is 1. The summed E-state index contributed by atoms with van der Waals surface area (Å²) >= 11 is 0. The van der Waals surface area contributed by atoms with Crippen LogP contribution in [0.15, 0.2) is 5.16 Å². The third-order valence-corrected chi connectivity index (χ3v) is 2.15. The number of carbonyl (C=O) groups excluding carboxylic acids is 2. The van der Waals surface area contributed by atoms with Crippen molar-refractivity contribution in [3.63, 3.8) is 0 Å². The maximum Gasteiger partial charge on any atom is 0.356 e. The highest BCUT2D eigenvalue weighted by Crippen LogP contribution is 2.41. The zero-order valence-electron chi connectivity index (χ0n) is 8.33. The van der Waals surface area contributed by atoms with Crippen LogP contribution in [0, 0.1) is 0 Å². The minimum atomic E-state index is -1.82. The smallest absolute Gasteiger partial charge is 0.356 e. The number of ether oxygens (including phenoxy) is 1. The Morgan fingerprint density at radius 1 is 1.53 bits per heavy atom. The molecule has 0 unspecified atom stereocenters. The number of oxime groups is 1. The Morgan fingerprint density at radius 2 is 2.13 bits per heavy atom. The topological polar surface area (TPSA) is 76.0 Å². The maximum atomic E-state index is 13.2. The fraction of sp³-hybridized carbons (Fsp3) is 0.667. The summed E-state index contributed by atoms with van der Waals surface area (Å²) in [6, 6.07) is 0. The van der Waals surface area contributed by atoms with E-state index in [2.05, 4.69) is 9.89 Å². The van der Waals surface area contributed by atoms with Gasteiger partial charge in [-0.2, -0.15) is 0 Å². The molecular formula is C9H12FNO4. The van der Waals surface area contributed by atoms with E-state index in [4.69, 9.17) is 5.21 Å². The van der Waals surface area contributed by atoms with Gasteiger partial charge >= 0.3 is 5.97 Å². The van der Waals surface area contributed by atoms with Crippen molar-refractivity contribution in [3.8, 4) is 0 Å². The van der Waals surface area contributed by atoms with Gasteiger partial charge in [-0.05, 0) is 19.8 Å². The molecule has 0 atom stereocenters. The fourth-order valence-electron chi connectivity index (χ4n) is 1.06. The molecule has 1 N–H and O–H groups in total. The molecule has 1 aliphatic carbocycles. The first-order valence-electron chi connectivity index (χ1n) is 4.63. The molecule has 0 aliphatic heterocycles. The Kier molecular flexibility index (Phi) is 3.39.